The Hall–Kier alpha value is 0.240. The summed E-state index contributed by atoms with van der Waals surface area (Å²) < 4.78 is 37.7. The van der Waals surface area contributed by atoms with Gasteiger partial charge in [0.15, 0.2) is 12.1 Å². The Bertz CT molecular complexity index is 350. The van der Waals surface area contributed by atoms with E-state index in [1.807, 2.05) is 0 Å². The maximum Gasteiger partial charge on any atom is 0.305 e. The summed E-state index contributed by atoms with van der Waals surface area (Å²) in [5.74, 6) is -0.691. The van der Waals surface area contributed by atoms with Crippen molar-refractivity contribution in [2.24, 2.45) is 0 Å². The molecule has 0 aromatic carbocycles. The van der Waals surface area contributed by atoms with Gasteiger partial charge in [0, 0.05) is 0 Å². The minimum atomic E-state index is -1.71. The Morgan fingerprint density at radius 2 is 2.06 bits per heavy atom. The van der Waals surface area contributed by atoms with Crippen LogP contribution in [0.3, 0.4) is 0 Å². The van der Waals surface area contributed by atoms with Crippen molar-refractivity contribution in [1.82, 2.24) is 0 Å². The van der Waals surface area contributed by atoms with Crippen LogP contribution in [0.5, 0.6) is 0 Å². The Morgan fingerprint density at radius 1 is 1.29 bits per heavy atom. The van der Waals surface area contributed by atoms with E-state index in [-0.39, 0.29) is 12.7 Å². The van der Waals surface area contributed by atoms with E-state index in [1.54, 1.807) is 13.8 Å². The van der Waals surface area contributed by atoms with Gasteiger partial charge in [0.2, 0.25) is 0 Å². The zero-order valence-electron chi connectivity index (χ0n) is 9.33. The SMILES string of the molecule is CC1(C)O[C@H]2O[C@@H]([C@@H]3CO[S@@](=O)O3)[C@@H](Cl)[C@H]2O1. The molecule has 0 radical (unpaired) electrons. The van der Waals surface area contributed by atoms with Gasteiger partial charge in [0.1, 0.15) is 18.3 Å². The number of rotatable bonds is 1. The van der Waals surface area contributed by atoms with Crippen LogP contribution in [0.2, 0.25) is 0 Å². The van der Waals surface area contributed by atoms with Gasteiger partial charge in [-0.25, -0.2) is 0 Å². The average molecular weight is 285 g/mol. The summed E-state index contributed by atoms with van der Waals surface area (Å²) >= 11 is 4.56. The molecule has 0 spiro atoms. The molecule has 3 saturated heterocycles. The van der Waals surface area contributed by atoms with Crippen LogP contribution in [-0.4, -0.2) is 46.6 Å². The minimum absolute atomic E-state index is 0.198. The number of alkyl halides is 1. The van der Waals surface area contributed by atoms with Crippen LogP contribution in [0.4, 0.5) is 0 Å². The lowest BCUT2D eigenvalue weighted by atomic mass is 10.1. The van der Waals surface area contributed by atoms with Crippen molar-refractivity contribution in [3.05, 3.63) is 0 Å². The van der Waals surface area contributed by atoms with Crippen LogP contribution in [0.15, 0.2) is 0 Å². The number of halogens is 1. The Labute approximate surface area is 106 Å². The highest BCUT2D eigenvalue weighted by molar-refractivity contribution is 7.75. The van der Waals surface area contributed by atoms with Gasteiger partial charge in [0.05, 0.1) is 12.0 Å². The monoisotopic (exact) mass is 284 g/mol. The highest BCUT2D eigenvalue weighted by Crippen LogP contribution is 2.41. The second-order valence-electron chi connectivity index (χ2n) is 4.64. The van der Waals surface area contributed by atoms with Gasteiger partial charge in [0.25, 0.3) is 0 Å². The van der Waals surface area contributed by atoms with Crippen molar-refractivity contribution in [3.8, 4) is 0 Å². The van der Waals surface area contributed by atoms with Crippen molar-refractivity contribution in [2.75, 3.05) is 6.61 Å². The zero-order chi connectivity index (χ0) is 12.2. The zero-order valence-corrected chi connectivity index (χ0v) is 10.9. The van der Waals surface area contributed by atoms with Crippen molar-refractivity contribution >= 4 is 23.0 Å². The van der Waals surface area contributed by atoms with Gasteiger partial charge in [-0.15, -0.1) is 11.6 Å². The molecule has 3 rings (SSSR count). The van der Waals surface area contributed by atoms with Crippen molar-refractivity contribution in [1.29, 1.82) is 0 Å². The van der Waals surface area contributed by atoms with Crippen molar-refractivity contribution in [3.63, 3.8) is 0 Å². The smallest absolute Gasteiger partial charge is 0.305 e. The Kier molecular flexibility index (Phi) is 2.98. The molecule has 0 aliphatic carbocycles. The largest absolute Gasteiger partial charge is 0.342 e. The van der Waals surface area contributed by atoms with E-state index < -0.39 is 41.0 Å². The highest BCUT2D eigenvalue weighted by atomic mass is 35.5. The molecule has 3 fully saturated rings. The number of hydrogen-bond acceptors (Lipinski definition) is 6. The molecule has 0 bridgehead atoms. The van der Waals surface area contributed by atoms with Gasteiger partial charge in [-0.05, 0) is 13.8 Å². The van der Waals surface area contributed by atoms with Gasteiger partial charge < -0.3 is 14.2 Å². The van der Waals surface area contributed by atoms with Crippen LogP contribution in [0, 0.1) is 0 Å². The molecular weight excluding hydrogens is 272 g/mol. The maximum absolute atomic E-state index is 11.0. The molecule has 6 atom stereocenters. The first-order valence-electron chi connectivity index (χ1n) is 5.34. The van der Waals surface area contributed by atoms with E-state index in [4.69, 9.17) is 34.2 Å². The lowest BCUT2D eigenvalue weighted by Crippen LogP contribution is -2.38. The fraction of sp³-hybridized carbons (Fsp3) is 1.00. The summed E-state index contributed by atoms with van der Waals surface area (Å²) in [7, 11) is 0. The van der Waals surface area contributed by atoms with E-state index in [0.29, 0.717) is 0 Å². The fourth-order valence-corrected chi connectivity index (χ4v) is 3.28. The molecule has 3 aliphatic heterocycles. The maximum atomic E-state index is 11.0. The van der Waals surface area contributed by atoms with Crippen molar-refractivity contribution in [2.45, 2.75) is 49.6 Å². The first-order chi connectivity index (χ1) is 7.96. The predicted molar refractivity (Wildman–Crippen MR) is 57.3 cm³/mol. The minimum Gasteiger partial charge on any atom is -0.342 e. The number of ether oxygens (including phenoxy) is 3. The molecule has 0 amide bonds. The highest BCUT2D eigenvalue weighted by Gasteiger charge is 2.57. The quantitative estimate of drug-likeness (QED) is 0.652. The molecule has 8 heteroatoms. The molecule has 17 heavy (non-hydrogen) atoms. The average Bonchev–Trinajstić information content (AvgIpc) is 2.83. The summed E-state index contributed by atoms with van der Waals surface area (Å²) in [5, 5.41) is -0.412. The van der Waals surface area contributed by atoms with E-state index in [2.05, 4.69) is 0 Å². The van der Waals surface area contributed by atoms with Crippen LogP contribution in [-0.2, 0) is 33.9 Å². The lowest BCUT2D eigenvalue weighted by molar-refractivity contribution is -0.211. The standard InChI is InChI=1S/C9H13ClO6S/c1-9(2)14-7-5(10)6(13-8(7)15-9)4-3-12-17(11)16-4/h4-8H,3H2,1-2H3/t4-,5+,6-,7+,8+,17+/m0/s1. The molecule has 0 unspecified atom stereocenters. The number of fused-ring (bicyclic) bond motifs is 1. The van der Waals surface area contributed by atoms with Crippen molar-refractivity contribution < 1.29 is 26.8 Å². The predicted octanol–water partition coefficient (Wildman–Crippen LogP) is 0.464. The second-order valence-corrected chi connectivity index (χ2v) is 5.98. The third kappa shape index (κ3) is 2.14. The van der Waals surface area contributed by atoms with E-state index in [9.17, 15) is 4.21 Å². The first kappa shape index (κ1) is 12.3. The summed E-state index contributed by atoms with van der Waals surface area (Å²) in [5.41, 5.74) is 0. The van der Waals surface area contributed by atoms with E-state index in [1.165, 1.54) is 0 Å². The first-order valence-corrected chi connectivity index (χ1v) is 6.77. The van der Waals surface area contributed by atoms with E-state index in [0.717, 1.165) is 0 Å². The molecule has 3 heterocycles. The fourth-order valence-electron chi connectivity index (χ4n) is 2.22. The topological polar surface area (TPSA) is 63.2 Å². The van der Waals surface area contributed by atoms with Crippen LogP contribution in [0.1, 0.15) is 13.8 Å². The van der Waals surface area contributed by atoms with Gasteiger partial charge in [-0.1, -0.05) is 0 Å². The van der Waals surface area contributed by atoms with Crippen LogP contribution < -0.4 is 0 Å². The molecule has 0 aromatic heterocycles. The Morgan fingerprint density at radius 3 is 2.65 bits per heavy atom. The van der Waals surface area contributed by atoms with Crippen LogP contribution in [0.25, 0.3) is 0 Å². The number of hydrogen-bond donors (Lipinski definition) is 0. The molecule has 0 saturated carbocycles. The summed E-state index contributed by atoms with van der Waals surface area (Å²) in [6, 6.07) is 0. The molecule has 0 aromatic rings. The van der Waals surface area contributed by atoms with Crippen LogP contribution >= 0.6 is 11.6 Å². The second kappa shape index (κ2) is 4.12. The molecule has 3 aliphatic rings. The van der Waals surface area contributed by atoms with Gasteiger partial charge in [-0.3, -0.25) is 8.37 Å². The molecular formula is C9H13ClO6S. The summed E-state index contributed by atoms with van der Waals surface area (Å²) in [4.78, 5) is 0. The molecule has 0 N–H and O–H groups in total. The normalized spacial score (nSPS) is 52.9. The van der Waals surface area contributed by atoms with Gasteiger partial charge >= 0.3 is 11.4 Å². The van der Waals surface area contributed by atoms with Gasteiger partial charge in [-0.2, -0.15) is 4.21 Å². The molecule has 98 valence electrons. The lowest BCUT2D eigenvalue weighted by Gasteiger charge is -2.24. The van der Waals surface area contributed by atoms with E-state index >= 15 is 0 Å². The summed E-state index contributed by atoms with van der Waals surface area (Å²) in [6.45, 7) is 3.80. The third-order valence-corrected chi connectivity index (χ3v) is 4.13. The third-order valence-electron chi connectivity index (χ3n) is 2.90. The summed E-state index contributed by atoms with van der Waals surface area (Å²) in [6.07, 6.45) is -1.72. The molecule has 6 nitrogen and oxygen atoms in total. The Balaban J connectivity index is 1.70.